The van der Waals surface area contributed by atoms with Crippen molar-refractivity contribution < 1.29 is 13.9 Å². The molecule has 1 heterocycles. The molecule has 0 saturated heterocycles. The van der Waals surface area contributed by atoms with Crippen molar-refractivity contribution in [1.82, 2.24) is 0 Å². The van der Waals surface area contributed by atoms with Gasteiger partial charge in [0, 0.05) is 16.6 Å². The van der Waals surface area contributed by atoms with Gasteiger partial charge in [-0.3, -0.25) is 0 Å². The third-order valence-electron chi connectivity index (χ3n) is 3.49. The molecule has 2 unspecified atom stereocenters. The SMILES string of the molecule is OC(c1c(F)ccc(Br)c1F)C1CSc2ccccc21. The van der Waals surface area contributed by atoms with Gasteiger partial charge in [-0.15, -0.1) is 11.8 Å². The number of hydrogen-bond donors (Lipinski definition) is 1. The van der Waals surface area contributed by atoms with Crippen molar-refractivity contribution in [3.63, 3.8) is 0 Å². The third-order valence-corrected chi connectivity index (χ3v) is 5.31. The topological polar surface area (TPSA) is 20.2 Å². The molecule has 0 amide bonds. The summed E-state index contributed by atoms with van der Waals surface area (Å²) in [5, 5.41) is 10.4. The number of hydrogen-bond acceptors (Lipinski definition) is 2. The summed E-state index contributed by atoms with van der Waals surface area (Å²) < 4.78 is 28.1. The van der Waals surface area contributed by atoms with E-state index in [1.165, 1.54) is 12.1 Å². The number of aliphatic hydroxyl groups excluding tert-OH is 1. The van der Waals surface area contributed by atoms with Crippen molar-refractivity contribution >= 4 is 27.7 Å². The minimum atomic E-state index is -1.19. The lowest BCUT2D eigenvalue weighted by Crippen LogP contribution is -2.14. The van der Waals surface area contributed by atoms with E-state index in [0.717, 1.165) is 10.5 Å². The molecule has 0 fully saturated rings. The van der Waals surface area contributed by atoms with Gasteiger partial charge in [0.1, 0.15) is 11.6 Å². The molecule has 2 atom stereocenters. The average Bonchev–Trinajstić information content (AvgIpc) is 2.87. The minimum absolute atomic E-state index is 0.159. The lowest BCUT2D eigenvalue weighted by molar-refractivity contribution is 0.144. The lowest BCUT2D eigenvalue weighted by Gasteiger charge is -2.20. The van der Waals surface area contributed by atoms with Gasteiger partial charge in [-0.05, 0) is 39.7 Å². The zero-order valence-corrected chi connectivity index (χ0v) is 12.7. The maximum absolute atomic E-state index is 14.1. The van der Waals surface area contributed by atoms with Crippen LogP contribution in [0, 0.1) is 11.6 Å². The summed E-state index contributed by atoms with van der Waals surface area (Å²) in [7, 11) is 0. The number of benzene rings is 2. The summed E-state index contributed by atoms with van der Waals surface area (Å²) >= 11 is 4.63. The largest absolute Gasteiger partial charge is 0.388 e. The molecule has 5 heteroatoms. The summed E-state index contributed by atoms with van der Waals surface area (Å²) in [6.07, 6.45) is -1.19. The Morgan fingerprint density at radius 3 is 2.75 bits per heavy atom. The highest BCUT2D eigenvalue weighted by atomic mass is 79.9. The van der Waals surface area contributed by atoms with Crippen LogP contribution in [0.1, 0.15) is 23.1 Å². The standard InChI is InChI=1S/C15H11BrF2OS/c16-10-5-6-11(17)13(14(10)18)15(19)9-7-20-12-4-2-1-3-8(9)12/h1-6,9,15,19H,7H2. The van der Waals surface area contributed by atoms with Gasteiger partial charge in [-0.2, -0.15) is 0 Å². The zero-order valence-electron chi connectivity index (χ0n) is 10.3. The summed E-state index contributed by atoms with van der Waals surface area (Å²) in [6.45, 7) is 0. The van der Waals surface area contributed by atoms with E-state index in [-0.39, 0.29) is 16.0 Å². The molecular weight excluding hydrogens is 346 g/mol. The van der Waals surface area contributed by atoms with Crippen LogP contribution in [-0.4, -0.2) is 10.9 Å². The van der Waals surface area contributed by atoms with E-state index in [0.29, 0.717) is 5.75 Å². The number of thioether (sulfide) groups is 1. The van der Waals surface area contributed by atoms with Gasteiger partial charge in [0.2, 0.25) is 0 Å². The zero-order chi connectivity index (χ0) is 14.3. The van der Waals surface area contributed by atoms with Crippen LogP contribution in [0.5, 0.6) is 0 Å². The van der Waals surface area contributed by atoms with Crippen molar-refractivity contribution in [3.05, 3.63) is 63.6 Å². The van der Waals surface area contributed by atoms with Crippen LogP contribution in [0.2, 0.25) is 0 Å². The Bertz CT molecular complexity index is 662. The first-order valence-corrected chi connectivity index (χ1v) is 7.90. The van der Waals surface area contributed by atoms with Gasteiger partial charge >= 0.3 is 0 Å². The third kappa shape index (κ3) is 2.28. The van der Waals surface area contributed by atoms with Crippen LogP contribution in [0.4, 0.5) is 8.78 Å². The van der Waals surface area contributed by atoms with E-state index in [2.05, 4.69) is 15.9 Å². The predicted octanol–water partition coefficient (Wildman–Crippen LogP) is 4.65. The fraction of sp³-hybridized carbons (Fsp3) is 0.200. The molecule has 2 aromatic carbocycles. The highest BCUT2D eigenvalue weighted by Crippen LogP contribution is 2.46. The van der Waals surface area contributed by atoms with E-state index >= 15 is 0 Å². The first kappa shape index (κ1) is 14.0. The van der Waals surface area contributed by atoms with Crippen LogP contribution in [-0.2, 0) is 0 Å². The van der Waals surface area contributed by atoms with Gasteiger partial charge < -0.3 is 5.11 Å². The van der Waals surface area contributed by atoms with E-state index in [1.54, 1.807) is 11.8 Å². The Morgan fingerprint density at radius 2 is 1.95 bits per heavy atom. The van der Waals surface area contributed by atoms with E-state index < -0.39 is 17.7 Å². The summed E-state index contributed by atoms with van der Waals surface area (Å²) in [6, 6.07) is 10.1. The number of aliphatic hydroxyl groups is 1. The summed E-state index contributed by atoms with van der Waals surface area (Å²) in [5.41, 5.74) is 0.686. The van der Waals surface area contributed by atoms with Crippen LogP contribution in [0.25, 0.3) is 0 Å². The van der Waals surface area contributed by atoms with E-state index in [1.807, 2.05) is 24.3 Å². The lowest BCUT2D eigenvalue weighted by atomic mass is 9.90. The molecule has 0 bridgehead atoms. The first-order chi connectivity index (χ1) is 9.59. The van der Waals surface area contributed by atoms with Crippen LogP contribution >= 0.6 is 27.7 Å². The highest BCUT2D eigenvalue weighted by Gasteiger charge is 2.33. The monoisotopic (exact) mass is 356 g/mol. The Balaban J connectivity index is 2.03. The molecule has 2 aromatic rings. The molecule has 0 spiro atoms. The number of fused-ring (bicyclic) bond motifs is 1. The fourth-order valence-corrected chi connectivity index (χ4v) is 4.09. The Kier molecular flexibility index (Phi) is 3.84. The van der Waals surface area contributed by atoms with Crippen LogP contribution in [0.3, 0.4) is 0 Å². The maximum atomic E-state index is 14.1. The second-order valence-corrected chi connectivity index (χ2v) is 6.57. The molecule has 3 rings (SSSR count). The fourth-order valence-electron chi connectivity index (χ4n) is 2.46. The molecule has 0 aromatic heterocycles. The molecule has 1 aliphatic heterocycles. The van der Waals surface area contributed by atoms with Crippen molar-refractivity contribution in [3.8, 4) is 0 Å². The highest BCUT2D eigenvalue weighted by molar-refractivity contribution is 9.10. The van der Waals surface area contributed by atoms with E-state index in [4.69, 9.17) is 0 Å². The van der Waals surface area contributed by atoms with Crippen molar-refractivity contribution in [2.75, 3.05) is 5.75 Å². The molecule has 0 radical (unpaired) electrons. The molecule has 1 nitrogen and oxygen atoms in total. The second-order valence-electron chi connectivity index (χ2n) is 4.66. The Hall–Kier alpha value is -0.910. The van der Waals surface area contributed by atoms with Gasteiger partial charge in [0.05, 0.1) is 16.1 Å². The van der Waals surface area contributed by atoms with Crippen molar-refractivity contribution in [1.29, 1.82) is 0 Å². The van der Waals surface area contributed by atoms with Gasteiger partial charge in [0.25, 0.3) is 0 Å². The number of rotatable bonds is 2. The smallest absolute Gasteiger partial charge is 0.146 e. The molecule has 104 valence electrons. The van der Waals surface area contributed by atoms with Crippen LogP contribution in [0.15, 0.2) is 45.8 Å². The van der Waals surface area contributed by atoms with Gasteiger partial charge in [-0.1, -0.05) is 18.2 Å². The average molecular weight is 357 g/mol. The Morgan fingerprint density at radius 1 is 1.20 bits per heavy atom. The summed E-state index contributed by atoms with van der Waals surface area (Å²) in [5.74, 6) is -1.12. The maximum Gasteiger partial charge on any atom is 0.146 e. The second kappa shape index (κ2) is 5.47. The molecule has 20 heavy (non-hydrogen) atoms. The van der Waals surface area contributed by atoms with Crippen molar-refractivity contribution in [2.24, 2.45) is 0 Å². The van der Waals surface area contributed by atoms with Gasteiger partial charge in [0.15, 0.2) is 0 Å². The van der Waals surface area contributed by atoms with Gasteiger partial charge in [-0.25, -0.2) is 8.78 Å². The molecule has 0 saturated carbocycles. The predicted molar refractivity (Wildman–Crippen MR) is 78.9 cm³/mol. The molecule has 0 aliphatic carbocycles. The van der Waals surface area contributed by atoms with Crippen molar-refractivity contribution in [2.45, 2.75) is 16.9 Å². The number of halogens is 3. The quantitative estimate of drug-likeness (QED) is 0.790. The minimum Gasteiger partial charge on any atom is -0.388 e. The molecule has 1 aliphatic rings. The molecular formula is C15H11BrF2OS. The normalized spacial score (nSPS) is 18.9. The van der Waals surface area contributed by atoms with E-state index in [9.17, 15) is 13.9 Å². The summed E-state index contributed by atoms with van der Waals surface area (Å²) in [4.78, 5) is 1.06. The first-order valence-electron chi connectivity index (χ1n) is 6.12. The van der Waals surface area contributed by atoms with Crippen LogP contribution < -0.4 is 0 Å². The molecule has 1 N–H and O–H groups in total. The Labute approximate surface area is 128 Å².